The smallest absolute Gasteiger partial charge is 0.272 e. The molecular weight excluding hydrogens is 420 g/mol. The molecule has 4 rings (SSSR count). The van der Waals surface area contributed by atoms with Crippen molar-refractivity contribution in [1.29, 1.82) is 0 Å². The zero-order valence-corrected chi connectivity index (χ0v) is 18.2. The van der Waals surface area contributed by atoms with Crippen molar-refractivity contribution >= 4 is 28.3 Å². The van der Waals surface area contributed by atoms with Gasteiger partial charge < -0.3 is 31.3 Å². The molecule has 2 heterocycles. The van der Waals surface area contributed by atoms with Crippen LogP contribution in [-0.4, -0.2) is 42.1 Å². The molecule has 0 radical (unpaired) electrons. The molecule has 0 saturated carbocycles. The number of benzene rings is 2. The number of carbonyl (C=O) groups excluding carboxylic acids is 2. The van der Waals surface area contributed by atoms with Gasteiger partial charge >= 0.3 is 0 Å². The lowest BCUT2D eigenvalue weighted by atomic mass is 9.98. The number of pyridine rings is 1. The Balaban J connectivity index is 1.55. The molecule has 170 valence electrons. The summed E-state index contributed by atoms with van der Waals surface area (Å²) in [6.45, 7) is 1.60. The quantitative estimate of drug-likeness (QED) is 0.436. The molecule has 3 aromatic rings. The van der Waals surface area contributed by atoms with Crippen molar-refractivity contribution in [2.45, 2.75) is 13.0 Å². The second kappa shape index (κ2) is 10.6. The number of fused-ring (bicyclic) bond motifs is 1. The Morgan fingerprint density at radius 3 is 2.73 bits per heavy atom. The van der Waals surface area contributed by atoms with E-state index in [1.54, 1.807) is 31.5 Å². The SMILES string of the molecule is COCCCNC(=O)c1ncccc1NC(=O)c1ccc(CN2C=C[N-]N2)c2ccccc12. The Labute approximate surface area is 191 Å². The highest BCUT2D eigenvalue weighted by molar-refractivity contribution is 6.15. The first-order chi connectivity index (χ1) is 16.2. The fraction of sp³-hybridized carbons (Fsp3) is 0.208. The fourth-order valence-electron chi connectivity index (χ4n) is 3.60. The van der Waals surface area contributed by atoms with Crippen molar-refractivity contribution in [2.24, 2.45) is 0 Å². The van der Waals surface area contributed by atoms with Gasteiger partial charge in [-0.1, -0.05) is 30.3 Å². The van der Waals surface area contributed by atoms with Crippen molar-refractivity contribution in [2.75, 3.05) is 25.6 Å². The van der Waals surface area contributed by atoms with Crippen LogP contribution in [0.4, 0.5) is 5.69 Å². The Bertz CT molecular complexity index is 1180. The van der Waals surface area contributed by atoms with Gasteiger partial charge in [-0.15, -0.1) is 6.20 Å². The molecule has 9 nitrogen and oxygen atoms in total. The van der Waals surface area contributed by atoms with Gasteiger partial charge in [-0.05, 0) is 47.2 Å². The second-order valence-electron chi connectivity index (χ2n) is 7.43. The van der Waals surface area contributed by atoms with Crippen LogP contribution in [0.25, 0.3) is 16.2 Å². The molecule has 1 aliphatic heterocycles. The van der Waals surface area contributed by atoms with Gasteiger partial charge in [0.2, 0.25) is 0 Å². The van der Waals surface area contributed by atoms with Crippen LogP contribution in [0.3, 0.4) is 0 Å². The first kappa shape index (κ1) is 22.3. The molecule has 0 bridgehead atoms. The van der Waals surface area contributed by atoms with E-state index < -0.39 is 0 Å². The molecule has 0 fully saturated rings. The summed E-state index contributed by atoms with van der Waals surface area (Å²) >= 11 is 0. The van der Waals surface area contributed by atoms with Crippen LogP contribution in [0.2, 0.25) is 0 Å². The molecule has 0 spiro atoms. The molecule has 9 heteroatoms. The topological polar surface area (TPSA) is 110 Å². The number of rotatable bonds is 9. The third-order valence-electron chi connectivity index (χ3n) is 5.19. The lowest BCUT2D eigenvalue weighted by Gasteiger charge is -2.23. The number of anilines is 1. The van der Waals surface area contributed by atoms with E-state index in [2.05, 4.69) is 26.6 Å². The van der Waals surface area contributed by atoms with Crippen LogP contribution >= 0.6 is 0 Å². The Morgan fingerprint density at radius 1 is 1.09 bits per heavy atom. The molecule has 0 atom stereocenters. The summed E-state index contributed by atoms with van der Waals surface area (Å²) in [5.41, 5.74) is 8.95. The van der Waals surface area contributed by atoms with E-state index >= 15 is 0 Å². The predicted octanol–water partition coefficient (Wildman–Crippen LogP) is 3.33. The van der Waals surface area contributed by atoms with Crippen molar-refractivity contribution < 1.29 is 14.3 Å². The van der Waals surface area contributed by atoms with E-state index in [0.29, 0.717) is 37.4 Å². The normalized spacial score (nSPS) is 12.6. The van der Waals surface area contributed by atoms with E-state index in [1.165, 1.54) is 6.20 Å². The summed E-state index contributed by atoms with van der Waals surface area (Å²) < 4.78 is 5.00. The Hall–Kier alpha value is -3.95. The summed E-state index contributed by atoms with van der Waals surface area (Å²) in [5.74, 6) is -0.660. The van der Waals surface area contributed by atoms with Crippen molar-refractivity contribution in [3.63, 3.8) is 0 Å². The van der Waals surface area contributed by atoms with Crippen LogP contribution in [0.15, 0.2) is 67.1 Å². The number of hydrogen-bond acceptors (Lipinski definition) is 6. The highest BCUT2D eigenvalue weighted by Gasteiger charge is 2.18. The molecule has 2 aromatic carbocycles. The molecule has 0 aliphatic carbocycles. The summed E-state index contributed by atoms with van der Waals surface area (Å²) in [6.07, 6.45) is 5.74. The van der Waals surface area contributed by atoms with Gasteiger partial charge in [-0.2, -0.15) is 0 Å². The zero-order chi connectivity index (χ0) is 23.0. The maximum absolute atomic E-state index is 13.2. The van der Waals surface area contributed by atoms with Crippen LogP contribution < -0.4 is 16.2 Å². The maximum Gasteiger partial charge on any atom is 0.272 e. The third kappa shape index (κ3) is 5.28. The van der Waals surface area contributed by atoms with Crippen LogP contribution in [0.1, 0.15) is 32.8 Å². The molecule has 33 heavy (non-hydrogen) atoms. The van der Waals surface area contributed by atoms with Gasteiger partial charge in [0.15, 0.2) is 5.69 Å². The second-order valence-corrected chi connectivity index (χ2v) is 7.43. The van der Waals surface area contributed by atoms with Gasteiger partial charge in [-0.3, -0.25) is 9.59 Å². The molecule has 1 aromatic heterocycles. The number of hydrogen-bond donors (Lipinski definition) is 3. The van der Waals surface area contributed by atoms with E-state index in [9.17, 15) is 9.59 Å². The minimum atomic E-state index is -0.348. The first-order valence-corrected chi connectivity index (χ1v) is 10.6. The van der Waals surface area contributed by atoms with Crippen molar-refractivity contribution in [3.05, 3.63) is 89.4 Å². The number of amides is 2. The Kier molecular flexibility index (Phi) is 7.13. The molecule has 1 aliphatic rings. The van der Waals surface area contributed by atoms with Gasteiger partial charge in [0, 0.05) is 32.0 Å². The van der Waals surface area contributed by atoms with Gasteiger partial charge in [0.25, 0.3) is 11.8 Å². The molecule has 3 N–H and O–H groups in total. The summed E-state index contributed by atoms with van der Waals surface area (Å²) in [4.78, 5) is 30.0. The van der Waals surface area contributed by atoms with Gasteiger partial charge in [-0.25, -0.2) is 4.98 Å². The monoisotopic (exact) mass is 445 g/mol. The Morgan fingerprint density at radius 2 is 1.94 bits per heavy atom. The zero-order valence-electron chi connectivity index (χ0n) is 18.2. The molecule has 0 saturated heterocycles. The van der Waals surface area contributed by atoms with E-state index in [-0.39, 0.29) is 17.5 Å². The number of nitrogens with one attached hydrogen (secondary N) is 3. The number of carbonyl (C=O) groups is 2. The fourth-order valence-corrected chi connectivity index (χ4v) is 3.60. The largest absolute Gasteiger partial charge is 0.609 e. The number of ether oxygens (including phenoxy) is 1. The van der Waals surface area contributed by atoms with Crippen LogP contribution in [-0.2, 0) is 11.3 Å². The summed E-state index contributed by atoms with van der Waals surface area (Å²) in [5, 5.41) is 9.30. The minimum absolute atomic E-state index is 0.167. The van der Waals surface area contributed by atoms with Gasteiger partial charge in [0.05, 0.1) is 12.2 Å². The summed E-state index contributed by atoms with van der Waals surface area (Å²) in [7, 11) is 1.61. The van der Waals surface area contributed by atoms with E-state index in [4.69, 9.17) is 4.74 Å². The highest BCUT2D eigenvalue weighted by atomic mass is 16.5. The number of methoxy groups -OCH3 is 1. The van der Waals surface area contributed by atoms with Crippen molar-refractivity contribution in [3.8, 4) is 0 Å². The highest BCUT2D eigenvalue weighted by Crippen LogP contribution is 2.26. The molecule has 2 amide bonds. The summed E-state index contributed by atoms with van der Waals surface area (Å²) in [6, 6.07) is 14.8. The molecular formula is C24H25N6O3-. The number of nitrogens with zero attached hydrogens (tertiary/aromatic N) is 3. The predicted molar refractivity (Wildman–Crippen MR) is 126 cm³/mol. The van der Waals surface area contributed by atoms with Crippen LogP contribution in [0, 0.1) is 0 Å². The van der Waals surface area contributed by atoms with E-state index in [0.717, 1.165) is 16.3 Å². The van der Waals surface area contributed by atoms with Gasteiger partial charge in [0.1, 0.15) is 0 Å². The first-order valence-electron chi connectivity index (χ1n) is 10.6. The number of hydrazine groups is 1. The average Bonchev–Trinajstić information content (AvgIpc) is 3.35. The average molecular weight is 446 g/mol. The van der Waals surface area contributed by atoms with Crippen LogP contribution in [0.5, 0.6) is 0 Å². The minimum Gasteiger partial charge on any atom is -0.609 e. The van der Waals surface area contributed by atoms with E-state index in [1.807, 2.05) is 41.5 Å². The standard InChI is InChI=1S/C24H26N6O3/c1-33-15-5-12-26-24(32)22-21(8-4-11-25-22)28-23(31)20-10-9-17(16-30-14-13-27-29-30)18-6-2-3-7-19(18)20/h2-4,6-11,13-14H,5,12,15-16H2,1H3,(H4,25,26,27,28,29,31,32)/p-1. The molecule has 0 unspecified atom stereocenters. The lowest BCUT2D eigenvalue weighted by molar-refractivity contribution is 0.0944. The maximum atomic E-state index is 13.2. The lowest BCUT2D eigenvalue weighted by Crippen LogP contribution is -2.27. The van der Waals surface area contributed by atoms with Crippen molar-refractivity contribution in [1.82, 2.24) is 20.8 Å². The third-order valence-corrected chi connectivity index (χ3v) is 5.19. The number of aromatic nitrogens is 1.